The summed E-state index contributed by atoms with van der Waals surface area (Å²) in [6.45, 7) is 10.2. The van der Waals surface area contributed by atoms with Crippen molar-refractivity contribution in [3.8, 4) is 0 Å². The molecule has 3 N–H and O–H groups in total. The van der Waals surface area contributed by atoms with Gasteiger partial charge in [-0.05, 0) is 69.7 Å². The summed E-state index contributed by atoms with van der Waals surface area (Å²) in [7, 11) is 0. The van der Waals surface area contributed by atoms with E-state index in [1.807, 2.05) is 12.1 Å². The Bertz CT molecular complexity index is 317. The van der Waals surface area contributed by atoms with Gasteiger partial charge in [0.15, 0.2) is 0 Å². The molecule has 0 spiro atoms. The highest BCUT2D eigenvalue weighted by Gasteiger charge is 1.98. The fourth-order valence-electron chi connectivity index (χ4n) is 2.17. The molecule has 0 fully saturated rings. The largest absolute Gasteiger partial charge is 0.399 e. The molecule has 0 aromatic heterocycles. The molecule has 0 bridgehead atoms. The fourth-order valence-corrected chi connectivity index (χ4v) is 2.17. The second kappa shape index (κ2) is 9.82. The first-order valence-electron chi connectivity index (χ1n) is 7.53. The van der Waals surface area contributed by atoms with Crippen LogP contribution in [0.3, 0.4) is 0 Å². The zero-order chi connectivity index (χ0) is 13.9. The van der Waals surface area contributed by atoms with Gasteiger partial charge in [0.1, 0.15) is 0 Å². The van der Waals surface area contributed by atoms with Crippen LogP contribution < -0.4 is 11.1 Å². The van der Waals surface area contributed by atoms with Gasteiger partial charge in [-0.2, -0.15) is 0 Å². The van der Waals surface area contributed by atoms with E-state index in [1.54, 1.807) is 0 Å². The lowest BCUT2D eigenvalue weighted by atomic mass is 10.1. The minimum absolute atomic E-state index is 0.841. The van der Waals surface area contributed by atoms with Crippen molar-refractivity contribution in [2.75, 3.05) is 38.5 Å². The Balaban J connectivity index is 1.98. The molecular formula is C16H29N3. The van der Waals surface area contributed by atoms with Crippen molar-refractivity contribution < 1.29 is 0 Å². The third-order valence-corrected chi connectivity index (χ3v) is 3.54. The standard InChI is InChI=1S/C16H29N3/c1-3-19(4-2)14-6-5-12-18-13-11-15-7-9-16(17)10-8-15/h7-10,18H,3-6,11-14,17H2,1-2H3. The summed E-state index contributed by atoms with van der Waals surface area (Å²) in [6, 6.07) is 8.16. The van der Waals surface area contributed by atoms with Crippen LogP contribution in [0.5, 0.6) is 0 Å². The summed E-state index contributed by atoms with van der Waals surface area (Å²) in [6.07, 6.45) is 3.63. The summed E-state index contributed by atoms with van der Waals surface area (Å²) in [5, 5.41) is 3.51. The maximum atomic E-state index is 5.66. The molecule has 108 valence electrons. The van der Waals surface area contributed by atoms with Crippen molar-refractivity contribution in [2.24, 2.45) is 0 Å². The number of rotatable bonds is 10. The van der Waals surface area contributed by atoms with Crippen LogP contribution in [-0.2, 0) is 6.42 Å². The predicted molar refractivity (Wildman–Crippen MR) is 84.5 cm³/mol. The molecule has 0 aliphatic heterocycles. The molecular weight excluding hydrogens is 234 g/mol. The lowest BCUT2D eigenvalue weighted by Gasteiger charge is -2.17. The van der Waals surface area contributed by atoms with Gasteiger partial charge in [-0.1, -0.05) is 26.0 Å². The van der Waals surface area contributed by atoms with Gasteiger partial charge in [0, 0.05) is 5.69 Å². The minimum Gasteiger partial charge on any atom is -0.399 e. The molecule has 0 saturated heterocycles. The molecule has 1 aromatic rings. The number of nitrogen functional groups attached to an aromatic ring is 1. The van der Waals surface area contributed by atoms with E-state index in [0.717, 1.165) is 25.2 Å². The number of nitrogens with zero attached hydrogens (tertiary/aromatic N) is 1. The molecule has 0 unspecified atom stereocenters. The summed E-state index contributed by atoms with van der Waals surface area (Å²) in [5.41, 5.74) is 7.86. The number of hydrogen-bond donors (Lipinski definition) is 2. The molecule has 3 heteroatoms. The topological polar surface area (TPSA) is 41.3 Å². The Hall–Kier alpha value is -1.06. The Morgan fingerprint density at radius 2 is 1.68 bits per heavy atom. The van der Waals surface area contributed by atoms with Gasteiger partial charge in [0.25, 0.3) is 0 Å². The Morgan fingerprint density at radius 1 is 1.00 bits per heavy atom. The minimum atomic E-state index is 0.841. The summed E-state index contributed by atoms with van der Waals surface area (Å²) in [4.78, 5) is 2.48. The second-order valence-corrected chi connectivity index (χ2v) is 4.98. The van der Waals surface area contributed by atoms with Gasteiger partial charge in [-0.15, -0.1) is 0 Å². The number of nitrogens with two attached hydrogens (primary N) is 1. The third kappa shape index (κ3) is 7.19. The second-order valence-electron chi connectivity index (χ2n) is 4.98. The average Bonchev–Trinajstić information content (AvgIpc) is 2.44. The molecule has 0 amide bonds. The number of nitrogens with one attached hydrogen (secondary N) is 1. The van der Waals surface area contributed by atoms with E-state index in [9.17, 15) is 0 Å². The van der Waals surface area contributed by atoms with Gasteiger partial charge in [0.05, 0.1) is 0 Å². The maximum Gasteiger partial charge on any atom is 0.0314 e. The van der Waals surface area contributed by atoms with E-state index in [1.165, 1.54) is 38.0 Å². The Labute approximate surface area is 118 Å². The van der Waals surface area contributed by atoms with Gasteiger partial charge in [-0.25, -0.2) is 0 Å². The molecule has 19 heavy (non-hydrogen) atoms. The molecule has 1 rings (SSSR count). The highest BCUT2D eigenvalue weighted by atomic mass is 15.1. The van der Waals surface area contributed by atoms with Gasteiger partial charge in [-0.3, -0.25) is 0 Å². The van der Waals surface area contributed by atoms with E-state index in [2.05, 4.69) is 36.2 Å². The SMILES string of the molecule is CCN(CC)CCCCNCCc1ccc(N)cc1. The summed E-state index contributed by atoms with van der Waals surface area (Å²) >= 11 is 0. The molecule has 0 saturated carbocycles. The predicted octanol–water partition coefficient (Wildman–Crippen LogP) is 2.52. The van der Waals surface area contributed by atoms with Crippen LogP contribution in [0.2, 0.25) is 0 Å². The van der Waals surface area contributed by atoms with Crippen LogP contribution >= 0.6 is 0 Å². The molecule has 3 nitrogen and oxygen atoms in total. The van der Waals surface area contributed by atoms with E-state index in [4.69, 9.17) is 5.73 Å². The smallest absolute Gasteiger partial charge is 0.0314 e. The lowest BCUT2D eigenvalue weighted by molar-refractivity contribution is 0.296. The van der Waals surface area contributed by atoms with Crippen LogP contribution in [0, 0.1) is 0 Å². The zero-order valence-corrected chi connectivity index (χ0v) is 12.5. The number of hydrogen-bond acceptors (Lipinski definition) is 3. The lowest BCUT2D eigenvalue weighted by Crippen LogP contribution is -2.25. The Morgan fingerprint density at radius 3 is 2.32 bits per heavy atom. The van der Waals surface area contributed by atoms with Crippen LogP contribution in [0.25, 0.3) is 0 Å². The van der Waals surface area contributed by atoms with Crippen LogP contribution in [-0.4, -0.2) is 37.6 Å². The van der Waals surface area contributed by atoms with Crippen molar-refractivity contribution in [1.82, 2.24) is 10.2 Å². The summed E-state index contributed by atoms with van der Waals surface area (Å²) < 4.78 is 0. The Kier molecular flexibility index (Phi) is 8.26. The maximum absolute atomic E-state index is 5.66. The molecule has 0 radical (unpaired) electrons. The van der Waals surface area contributed by atoms with Crippen molar-refractivity contribution in [2.45, 2.75) is 33.1 Å². The normalized spacial score (nSPS) is 11.1. The average molecular weight is 263 g/mol. The fraction of sp³-hybridized carbons (Fsp3) is 0.625. The van der Waals surface area contributed by atoms with E-state index < -0.39 is 0 Å². The van der Waals surface area contributed by atoms with Gasteiger partial charge >= 0.3 is 0 Å². The molecule has 0 aliphatic rings. The monoisotopic (exact) mass is 263 g/mol. The molecule has 1 aromatic carbocycles. The molecule has 0 aliphatic carbocycles. The quantitative estimate of drug-likeness (QED) is 0.503. The first-order valence-corrected chi connectivity index (χ1v) is 7.53. The van der Waals surface area contributed by atoms with Crippen LogP contribution in [0.4, 0.5) is 5.69 Å². The van der Waals surface area contributed by atoms with Crippen LogP contribution in [0.1, 0.15) is 32.3 Å². The molecule has 0 heterocycles. The highest BCUT2D eigenvalue weighted by molar-refractivity contribution is 5.39. The zero-order valence-electron chi connectivity index (χ0n) is 12.5. The van der Waals surface area contributed by atoms with Crippen molar-refractivity contribution in [3.05, 3.63) is 29.8 Å². The van der Waals surface area contributed by atoms with Crippen molar-refractivity contribution in [3.63, 3.8) is 0 Å². The van der Waals surface area contributed by atoms with Crippen molar-refractivity contribution in [1.29, 1.82) is 0 Å². The first-order chi connectivity index (χ1) is 9.26. The van der Waals surface area contributed by atoms with Crippen LogP contribution in [0.15, 0.2) is 24.3 Å². The summed E-state index contributed by atoms with van der Waals surface area (Å²) in [5.74, 6) is 0. The number of benzene rings is 1. The molecule has 0 atom stereocenters. The van der Waals surface area contributed by atoms with Gasteiger partial charge < -0.3 is 16.0 Å². The number of anilines is 1. The van der Waals surface area contributed by atoms with Crippen molar-refractivity contribution >= 4 is 5.69 Å². The van der Waals surface area contributed by atoms with E-state index >= 15 is 0 Å². The highest BCUT2D eigenvalue weighted by Crippen LogP contribution is 2.05. The third-order valence-electron chi connectivity index (χ3n) is 3.54. The van der Waals surface area contributed by atoms with E-state index in [0.29, 0.717) is 0 Å². The first kappa shape index (κ1) is 16.0. The number of unbranched alkanes of at least 4 members (excludes halogenated alkanes) is 1. The van der Waals surface area contributed by atoms with E-state index in [-0.39, 0.29) is 0 Å². The van der Waals surface area contributed by atoms with Gasteiger partial charge in [0.2, 0.25) is 0 Å².